The van der Waals surface area contributed by atoms with Crippen molar-refractivity contribution in [3.8, 4) is 11.4 Å². The SMILES string of the molecule is COCCNC(=O)c1ccc(-c2ncc[nH]2)cc1. The maximum atomic E-state index is 11.7. The van der Waals surface area contributed by atoms with E-state index >= 15 is 0 Å². The normalized spacial score (nSPS) is 10.3. The van der Waals surface area contributed by atoms with Gasteiger partial charge in [0.1, 0.15) is 5.82 Å². The number of hydrogen-bond donors (Lipinski definition) is 2. The van der Waals surface area contributed by atoms with Gasteiger partial charge in [0, 0.05) is 37.2 Å². The van der Waals surface area contributed by atoms with Crippen molar-refractivity contribution >= 4 is 5.91 Å². The Kier molecular flexibility index (Phi) is 4.09. The second-order valence-corrected chi connectivity index (χ2v) is 3.76. The summed E-state index contributed by atoms with van der Waals surface area (Å²) in [5, 5.41) is 2.77. The molecule has 0 radical (unpaired) electrons. The smallest absolute Gasteiger partial charge is 0.251 e. The molecule has 0 saturated carbocycles. The molecule has 94 valence electrons. The van der Waals surface area contributed by atoms with Gasteiger partial charge in [-0.3, -0.25) is 4.79 Å². The summed E-state index contributed by atoms with van der Waals surface area (Å²) in [5.74, 6) is 0.694. The molecule has 0 atom stereocenters. The lowest BCUT2D eigenvalue weighted by Gasteiger charge is -2.05. The predicted octanol–water partition coefficient (Wildman–Crippen LogP) is 1.45. The van der Waals surface area contributed by atoms with Crippen molar-refractivity contribution in [3.63, 3.8) is 0 Å². The van der Waals surface area contributed by atoms with Crippen LogP contribution in [0.4, 0.5) is 0 Å². The van der Waals surface area contributed by atoms with Gasteiger partial charge in [-0.1, -0.05) is 12.1 Å². The van der Waals surface area contributed by atoms with Gasteiger partial charge in [-0.05, 0) is 12.1 Å². The van der Waals surface area contributed by atoms with Crippen LogP contribution in [0.15, 0.2) is 36.7 Å². The van der Waals surface area contributed by atoms with Crippen LogP contribution in [0.3, 0.4) is 0 Å². The molecule has 5 heteroatoms. The number of benzene rings is 1. The number of carbonyl (C=O) groups excluding carboxylic acids is 1. The summed E-state index contributed by atoms with van der Waals surface area (Å²) in [6, 6.07) is 7.29. The molecular formula is C13H15N3O2. The summed E-state index contributed by atoms with van der Waals surface area (Å²) >= 11 is 0. The quantitative estimate of drug-likeness (QED) is 0.783. The number of aromatic nitrogens is 2. The number of aromatic amines is 1. The molecule has 0 saturated heterocycles. The number of methoxy groups -OCH3 is 1. The van der Waals surface area contributed by atoms with Crippen LogP contribution in [0, 0.1) is 0 Å². The van der Waals surface area contributed by atoms with E-state index in [9.17, 15) is 4.79 Å². The van der Waals surface area contributed by atoms with Crippen molar-refractivity contribution in [2.75, 3.05) is 20.3 Å². The largest absolute Gasteiger partial charge is 0.383 e. The number of nitrogens with zero attached hydrogens (tertiary/aromatic N) is 1. The summed E-state index contributed by atoms with van der Waals surface area (Å²) in [6.45, 7) is 1.02. The molecule has 0 spiro atoms. The van der Waals surface area contributed by atoms with Gasteiger partial charge in [-0.25, -0.2) is 4.98 Å². The molecule has 0 fully saturated rings. The lowest BCUT2D eigenvalue weighted by Crippen LogP contribution is -2.26. The molecule has 1 heterocycles. The Bertz CT molecular complexity index is 491. The average molecular weight is 245 g/mol. The van der Waals surface area contributed by atoms with E-state index in [1.165, 1.54) is 0 Å². The Balaban J connectivity index is 2.01. The Morgan fingerprint density at radius 3 is 2.78 bits per heavy atom. The third-order valence-electron chi connectivity index (χ3n) is 2.51. The van der Waals surface area contributed by atoms with E-state index in [2.05, 4.69) is 15.3 Å². The number of imidazole rings is 1. The first kappa shape index (κ1) is 12.3. The highest BCUT2D eigenvalue weighted by Gasteiger charge is 2.05. The number of H-pyrrole nitrogens is 1. The van der Waals surface area contributed by atoms with E-state index in [0.717, 1.165) is 11.4 Å². The Labute approximate surface area is 105 Å². The second kappa shape index (κ2) is 5.97. The van der Waals surface area contributed by atoms with E-state index in [4.69, 9.17) is 4.74 Å². The van der Waals surface area contributed by atoms with Crippen LogP contribution in [0.5, 0.6) is 0 Å². The number of hydrogen-bond acceptors (Lipinski definition) is 3. The topological polar surface area (TPSA) is 67.0 Å². The Morgan fingerprint density at radius 2 is 2.17 bits per heavy atom. The highest BCUT2D eigenvalue weighted by molar-refractivity contribution is 5.94. The first-order valence-electron chi connectivity index (χ1n) is 5.68. The van der Waals surface area contributed by atoms with Crippen LogP contribution in [0.1, 0.15) is 10.4 Å². The van der Waals surface area contributed by atoms with Crippen LogP contribution in [0.25, 0.3) is 11.4 Å². The molecule has 0 aliphatic carbocycles. The van der Waals surface area contributed by atoms with Gasteiger partial charge >= 0.3 is 0 Å². The molecule has 5 nitrogen and oxygen atoms in total. The minimum absolute atomic E-state index is 0.0990. The minimum atomic E-state index is -0.0990. The van der Waals surface area contributed by atoms with Gasteiger partial charge in [0.2, 0.25) is 0 Å². The van der Waals surface area contributed by atoms with Crippen molar-refractivity contribution in [2.24, 2.45) is 0 Å². The predicted molar refractivity (Wildman–Crippen MR) is 68.2 cm³/mol. The molecule has 2 aromatic rings. The molecular weight excluding hydrogens is 230 g/mol. The zero-order chi connectivity index (χ0) is 12.8. The van der Waals surface area contributed by atoms with Crippen molar-refractivity contribution in [2.45, 2.75) is 0 Å². The van der Waals surface area contributed by atoms with Gasteiger partial charge in [0.05, 0.1) is 6.61 Å². The highest BCUT2D eigenvalue weighted by Crippen LogP contribution is 2.14. The van der Waals surface area contributed by atoms with Gasteiger partial charge in [-0.2, -0.15) is 0 Å². The van der Waals surface area contributed by atoms with Crippen molar-refractivity contribution < 1.29 is 9.53 Å². The van der Waals surface area contributed by atoms with Crippen molar-refractivity contribution in [1.29, 1.82) is 0 Å². The molecule has 2 rings (SSSR count). The van der Waals surface area contributed by atoms with Crippen LogP contribution in [0.2, 0.25) is 0 Å². The molecule has 18 heavy (non-hydrogen) atoms. The fraction of sp³-hybridized carbons (Fsp3) is 0.231. The number of carbonyl (C=O) groups is 1. The van der Waals surface area contributed by atoms with Crippen molar-refractivity contribution in [1.82, 2.24) is 15.3 Å². The molecule has 1 amide bonds. The number of ether oxygens (including phenoxy) is 1. The first-order chi connectivity index (χ1) is 8.81. The molecule has 1 aromatic carbocycles. The van der Waals surface area contributed by atoms with E-state index in [0.29, 0.717) is 18.7 Å². The Morgan fingerprint density at radius 1 is 1.39 bits per heavy atom. The molecule has 0 aliphatic rings. The minimum Gasteiger partial charge on any atom is -0.383 e. The first-order valence-corrected chi connectivity index (χ1v) is 5.68. The van der Waals surface area contributed by atoms with Crippen LogP contribution < -0.4 is 5.32 Å². The van der Waals surface area contributed by atoms with E-state index in [1.54, 1.807) is 31.6 Å². The lowest BCUT2D eigenvalue weighted by molar-refractivity contribution is 0.0937. The zero-order valence-electron chi connectivity index (χ0n) is 10.1. The van der Waals surface area contributed by atoms with Gasteiger partial charge in [-0.15, -0.1) is 0 Å². The highest BCUT2D eigenvalue weighted by atomic mass is 16.5. The number of nitrogens with one attached hydrogen (secondary N) is 2. The second-order valence-electron chi connectivity index (χ2n) is 3.76. The third-order valence-corrected chi connectivity index (χ3v) is 2.51. The summed E-state index contributed by atoms with van der Waals surface area (Å²) in [4.78, 5) is 18.9. The number of amides is 1. The molecule has 1 aromatic heterocycles. The van der Waals surface area contributed by atoms with Gasteiger partial charge in [0.25, 0.3) is 5.91 Å². The van der Waals surface area contributed by atoms with Crippen LogP contribution in [-0.4, -0.2) is 36.1 Å². The standard InChI is InChI=1S/C13H15N3O2/c1-18-9-8-16-13(17)11-4-2-10(3-5-11)12-14-6-7-15-12/h2-7H,8-9H2,1H3,(H,14,15)(H,16,17). The monoisotopic (exact) mass is 245 g/mol. The summed E-state index contributed by atoms with van der Waals surface area (Å²) in [5.41, 5.74) is 1.58. The zero-order valence-corrected chi connectivity index (χ0v) is 10.1. The Hall–Kier alpha value is -2.14. The van der Waals surface area contributed by atoms with Crippen molar-refractivity contribution in [3.05, 3.63) is 42.2 Å². The average Bonchev–Trinajstić information content (AvgIpc) is 2.93. The van der Waals surface area contributed by atoms with E-state index in [1.807, 2.05) is 12.1 Å². The molecule has 0 bridgehead atoms. The maximum Gasteiger partial charge on any atom is 0.251 e. The van der Waals surface area contributed by atoms with Gasteiger partial charge < -0.3 is 15.0 Å². The maximum absolute atomic E-state index is 11.7. The summed E-state index contributed by atoms with van der Waals surface area (Å²) in [6.07, 6.45) is 3.46. The number of rotatable bonds is 5. The molecule has 0 aliphatic heterocycles. The fourth-order valence-electron chi connectivity index (χ4n) is 1.57. The van der Waals surface area contributed by atoms with Crippen LogP contribution in [-0.2, 0) is 4.74 Å². The lowest BCUT2D eigenvalue weighted by atomic mass is 10.1. The van der Waals surface area contributed by atoms with E-state index in [-0.39, 0.29) is 5.91 Å². The van der Waals surface area contributed by atoms with Crippen LogP contribution >= 0.6 is 0 Å². The summed E-state index contributed by atoms with van der Waals surface area (Å²) in [7, 11) is 1.60. The molecule has 0 unspecified atom stereocenters. The molecule has 2 N–H and O–H groups in total. The van der Waals surface area contributed by atoms with E-state index < -0.39 is 0 Å². The fourth-order valence-corrected chi connectivity index (χ4v) is 1.57. The third kappa shape index (κ3) is 2.95. The summed E-state index contributed by atoms with van der Waals surface area (Å²) < 4.78 is 4.87. The van der Waals surface area contributed by atoms with Gasteiger partial charge in [0.15, 0.2) is 0 Å².